The summed E-state index contributed by atoms with van der Waals surface area (Å²) >= 11 is 0. The van der Waals surface area contributed by atoms with E-state index in [1.807, 2.05) is 26.0 Å². The molecule has 1 aliphatic rings. The molecule has 0 fully saturated rings. The van der Waals surface area contributed by atoms with Gasteiger partial charge in [0.15, 0.2) is 0 Å². The number of hydrogen-bond donors (Lipinski definition) is 0. The Morgan fingerprint density at radius 2 is 1.38 bits per heavy atom. The van der Waals surface area contributed by atoms with E-state index in [1.54, 1.807) is 48.5 Å². The lowest BCUT2D eigenvalue weighted by Crippen LogP contribution is -2.54. The highest BCUT2D eigenvalue weighted by molar-refractivity contribution is 6.32. The smallest absolute Gasteiger partial charge is 0.285 e. The molecule has 0 spiro atoms. The number of fused-ring (bicyclic) bond motifs is 1. The number of nitro groups is 1. The molecule has 4 rings (SSSR count). The Hall–Kier alpha value is -3.60. The number of benzene rings is 3. The molecular formula is C24H19NO4. The van der Waals surface area contributed by atoms with Gasteiger partial charge in [-0.3, -0.25) is 19.7 Å². The molecule has 3 aromatic rings. The lowest BCUT2D eigenvalue weighted by Gasteiger charge is -2.29. The van der Waals surface area contributed by atoms with Crippen molar-refractivity contribution in [2.24, 2.45) is 0 Å². The summed E-state index contributed by atoms with van der Waals surface area (Å²) in [5.74, 6) is -2.54. The van der Waals surface area contributed by atoms with Crippen LogP contribution in [0.5, 0.6) is 0 Å². The maximum Gasteiger partial charge on any atom is 0.355 e. The van der Waals surface area contributed by atoms with Crippen LogP contribution in [0.3, 0.4) is 0 Å². The van der Waals surface area contributed by atoms with Gasteiger partial charge in [0.25, 0.3) is 0 Å². The van der Waals surface area contributed by atoms with Crippen molar-refractivity contribution < 1.29 is 14.5 Å². The van der Waals surface area contributed by atoms with Gasteiger partial charge in [0.2, 0.25) is 11.6 Å². The fourth-order valence-corrected chi connectivity index (χ4v) is 4.37. The minimum atomic E-state index is -2.43. The lowest BCUT2D eigenvalue weighted by molar-refractivity contribution is -0.532. The summed E-state index contributed by atoms with van der Waals surface area (Å²) in [5.41, 5.74) is 0.765. The topological polar surface area (TPSA) is 77.3 Å². The summed E-state index contributed by atoms with van der Waals surface area (Å²) < 4.78 is 0. The molecule has 144 valence electrons. The van der Waals surface area contributed by atoms with Gasteiger partial charge >= 0.3 is 5.54 Å². The van der Waals surface area contributed by atoms with Gasteiger partial charge in [0, 0.05) is 16.1 Å². The van der Waals surface area contributed by atoms with E-state index in [-0.39, 0.29) is 11.1 Å². The standard InChI is InChI=1S/C24H19NO4/c1-15-12-13-18(16(2)14-15)21(17-8-4-3-5-9-17)24(25(28)29)22(26)19-10-6-7-11-20(19)23(24)27/h3-14,21H,1-2H3/t21-/m0/s1. The van der Waals surface area contributed by atoms with Gasteiger partial charge in [-0.05, 0) is 30.5 Å². The predicted octanol–water partition coefficient (Wildman–Crippen LogP) is 4.53. The number of nitrogens with zero attached hydrogens (tertiary/aromatic N) is 1. The fourth-order valence-electron chi connectivity index (χ4n) is 4.37. The van der Waals surface area contributed by atoms with E-state index in [2.05, 4.69) is 0 Å². The molecule has 0 unspecified atom stereocenters. The Bertz CT molecular complexity index is 1120. The first kappa shape index (κ1) is 18.7. The van der Waals surface area contributed by atoms with E-state index in [4.69, 9.17) is 0 Å². The molecule has 0 saturated heterocycles. The maximum atomic E-state index is 13.5. The second kappa shape index (κ2) is 6.78. The Balaban J connectivity index is 2.07. The van der Waals surface area contributed by atoms with Crippen molar-refractivity contribution in [3.63, 3.8) is 0 Å². The van der Waals surface area contributed by atoms with E-state index >= 15 is 0 Å². The first-order chi connectivity index (χ1) is 13.9. The summed E-state index contributed by atoms with van der Waals surface area (Å²) in [6, 6.07) is 20.6. The van der Waals surface area contributed by atoms with Gasteiger partial charge in [-0.1, -0.05) is 78.4 Å². The van der Waals surface area contributed by atoms with Gasteiger partial charge in [-0.25, -0.2) is 0 Å². The third-order valence-electron chi connectivity index (χ3n) is 5.68. The molecule has 1 atom stereocenters. The molecule has 5 nitrogen and oxygen atoms in total. The van der Waals surface area contributed by atoms with Gasteiger partial charge < -0.3 is 0 Å². The third-order valence-corrected chi connectivity index (χ3v) is 5.68. The highest BCUT2D eigenvalue weighted by Gasteiger charge is 2.69. The van der Waals surface area contributed by atoms with Crippen molar-refractivity contribution in [1.82, 2.24) is 0 Å². The van der Waals surface area contributed by atoms with Gasteiger partial charge in [-0.15, -0.1) is 0 Å². The van der Waals surface area contributed by atoms with Gasteiger partial charge in [0.1, 0.15) is 0 Å². The Kier molecular flexibility index (Phi) is 4.38. The highest BCUT2D eigenvalue weighted by Crippen LogP contribution is 2.46. The average Bonchev–Trinajstić information content (AvgIpc) is 2.94. The zero-order chi connectivity index (χ0) is 20.8. The molecule has 1 aliphatic carbocycles. The molecule has 3 aromatic carbocycles. The van der Waals surface area contributed by atoms with E-state index in [1.165, 1.54) is 12.1 Å². The molecule has 0 N–H and O–H groups in total. The van der Waals surface area contributed by atoms with E-state index < -0.39 is 27.9 Å². The van der Waals surface area contributed by atoms with Crippen LogP contribution in [0.25, 0.3) is 0 Å². The van der Waals surface area contributed by atoms with Crippen LogP contribution in [0, 0.1) is 24.0 Å². The van der Waals surface area contributed by atoms with Crippen molar-refractivity contribution in [2.75, 3.05) is 0 Å². The molecule has 0 saturated carbocycles. The van der Waals surface area contributed by atoms with Crippen molar-refractivity contribution in [1.29, 1.82) is 0 Å². The molecule has 0 heterocycles. The van der Waals surface area contributed by atoms with Crippen LogP contribution in [0.15, 0.2) is 72.8 Å². The normalized spacial score (nSPS) is 15.8. The molecule has 5 heteroatoms. The van der Waals surface area contributed by atoms with Crippen LogP contribution in [0.2, 0.25) is 0 Å². The predicted molar refractivity (Wildman–Crippen MR) is 109 cm³/mol. The molecule has 0 radical (unpaired) electrons. The van der Waals surface area contributed by atoms with Gasteiger partial charge in [0.05, 0.1) is 5.92 Å². The minimum absolute atomic E-state index is 0.111. The summed E-state index contributed by atoms with van der Waals surface area (Å²) in [6.07, 6.45) is 0. The summed E-state index contributed by atoms with van der Waals surface area (Å²) in [5, 5.41) is 12.5. The number of carbonyl (C=O) groups excluding carboxylic acids is 2. The first-order valence-corrected chi connectivity index (χ1v) is 9.34. The number of carbonyl (C=O) groups is 2. The van der Waals surface area contributed by atoms with Crippen LogP contribution < -0.4 is 0 Å². The van der Waals surface area contributed by atoms with E-state index in [9.17, 15) is 19.7 Å². The van der Waals surface area contributed by atoms with Crippen molar-refractivity contribution in [2.45, 2.75) is 25.3 Å². The zero-order valence-electron chi connectivity index (χ0n) is 16.1. The quantitative estimate of drug-likeness (QED) is 0.376. The van der Waals surface area contributed by atoms with E-state index in [0.717, 1.165) is 11.1 Å². The largest absolute Gasteiger partial charge is 0.355 e. The van der Waals surface area contributed by atoms with Crippen molar-refractivity contribution in [3.05, 3.63) is 116 Å². The first-order valence-electron chi connectivity index (χ1n) is 9.34. The fraction of sp³-hybridized carbons (Fsp3) is 0.167. The summed E-state index contributed by atoms with van der Waals surface area (Å²) in [6.45, 7) is 3.78. The van der Waals surface area contributed by atoms with E-state index in [0.29, 0.717) is 11.1 Å². The second-order valence-corrected chi connectivity index (χ2v) is 7.43. The molecule has 0 bridgehead atoms. The highest BCUT2D eigenvalue weighted by atomic mass is 16.6. The summed E-state index contributed by atoms with van der Waals surface area (Å²) in [7, 11) is 0. The Labute approximate surface area is 168 Å². The Morgan fingerprint density at radius 3 is 1.90 bits per heavy atom. The zero-order valence-corrected chi connectivity index (χ0v) is 16.1. The van der Waals surface area contributed by atoms with Crippen LogP contribution in [-0.2, 0) is 0 Å². The SMILES string of the molecule is Cc1ccc([C@H](c2ccccc2)C2([N+](=O)[O-])C(=O)c3ccccc3C2=O)c(C)c1. The number of rotatable bonds is 4. The average molecular weight is 385 g/mol. The number of aryl methyl sites for hydroxylation is 2. The maximum absolute atomic E-state index is 13.5. The number of hydrogen-bond acceptors (Lipinski definition) is 4. The monoisotopic (exact) mass is 385 g/mol. The third kappa shape index (κ3) is 2.62. The number of ketones is 2. The molecule has 29 heavy (non-hydrogen) atoms. The molecular weight excluding hydrogens is 366 g/mol. The van der Waals surface area contributed by atoms with Crippen molar-refractivity contribution >= 4 is 11.6 Å². The molecule has 0 aliphatic heterocycles. The van der Waals surface area contributed by atoms with Crippen LogP contribution >= 0.6 is 0 Å². The minimum Gasteiger partial charge on any atom is -0.285 e. The lowest BCUT2D eigenvalue weighted by atomic mass is 9.71. The van der Waals surface area contributed by atoms with Crippen LogP contribution in [-0.4, -0.2) is 22.0 Å². The van der Waals surface area contributed by atoms with Crippen molar-refractivity contribution in [3.8, 4) is 0 Å². The second-order valence-electron chi connectivity index (χ2n) is 7.43. The molecule has 0 amide bonds. The number of Topliss-reactive ketones (excluding diaryl/α,β-unsaturated/α-hetero) is 2. The van der Waals surface area contributed by atoms with Crippen LogP contribution in [0.1, 0.15) is 48.9 Å². The Morgan fingerprint density at radius 1 is 0.828 bits per heavy atom. The van der Waals surface area contributed by atoms with Crippen LogP contribution in [0.4, 0.5) is 0 Å². The molecule has 0 aromatic heterocycles. The van der Waals surface area contributed by atoms with Gasteiger partial charge in [-0.2, -0.15) is 0 Å². The summed E-state index contributed by atoms with van der Waals surface area (Å²) in [4.78, 5) is 38.8.